The largest absolute Gasteiger partial charge is 0.450 e. The Bertz CT molecular complexity index is 501. The summed E-state index contributed by atoms with van der Waals surface area (Å²) >= 11 is 0. The minimum absolute atomic E-state index is 0.0969. The van der Waals surface area contributed by atoms with Gasteiger partial charge in [0.15, 0.2) is 0 Å². The molecule has 0 aromatic carbocycles. The standard InChI is InChI=1S/C15H21N3O3/c1-3-21-15(20)18-8-4-5-12(10-18)14(19)17-13-7-6-11(2)9-16-13/h6-7,9,12H,3-5,8,10H2,1-2H3,(H,16,17,19). The molecule has 1 N–H and O–H groups in total. The Morgan fingerprint density at radius 2 is 2.29 bits per heavy atom. The molecule has 1 atom stereocenters. The Hall–Kier alpha value is -2.11. The van der Waals surface area contributed by atoms with Crippen LogP contribution in [0.4, 0.5) is 10.6 Å². The molecule has 0 radical (unpaired) electrons. The fourth-order valence-corrected chi connectivity index (χ4v) is 2.34. The monoisotopic (exact) mass is 291 g/mol. The van der Waals surface area contributed by atoms with E-state index < -0.39 is 0 Å². The highest BCUT2D eigenvalue weighted by atomic mass is 16.6. The predicted octanol–water partition coefficient (Wildman–Crippen LogP) is 2.20. The van der Waals surface area contributed by atoms with Crippen LogP contribution in [0.2, 0.25) is 0 Å². The van der Waals surface area contributed by atoms with Gasteiger partial charge in [-0.1, -0.05) is 6.07 Å². The van der Waals surface area contributed by atoms with Crippen molar-refractivity contribution in [3.63, 3.8) is 0 Å². The van der Waals surface area contributed by atoms with Gasteiger partial charge in [0.2, 0.25) is 5.91 Å². The summed E-state index contributed by atoms with van der Waals surface area (Å²) in [6.45, 7) is 5.10. The number of pyridine rings is 1. The lowest BCUT2D eigenvalue weighted by Gasteiger charge is -2.31. The van der Waals surface area contributed by atoms with Gasteiger partial charge in [-0.2, -0.15) is 0 Å². The number of rotatable bonds is 3. The topological polar surface area (TPSA) is 71.5 Å². The number of nitrogens with one attached hydrogen (secondary N) is 1. The summed E-state index contributed by atoms with van der Waals surface area (Å²) in [4.78, 5) is 29.7. The number of carbonyl (C=O) groups excluding carboxylic acids is 2. The number of piperidine rings is 1. The number of amides is 2. The summed E-state index contributed by atoms with van der Waals surface area (Å²) in [5.74, 6) is 0.227. The first-order chi connectivity index (χ1) is 10.1. The van der Waals surface area contributed by atoms with E-state index in [-0.39, 0.29) is 17.9 Å². The number of hydrogen-bond acceptors (Lipinski definition) is 4. The van der Waals surface area contributed by atoms with Crippen LogP contribution < -0.4 is 5.32 Å². The highest BCUT2D eigenvalue weighted by Gasteiger charge is 2.29. The summed E-state index contributed by atoms with van der Waals surface area (Å²) in [7, 11) is 0. The lowest BCUT2D eigenvalue weighted by Crippen LogP contribution is -2.44. The Kier molecular flexibility index (Phi) is 5.14. The highest BCUT2D eigenvalue weighted by Crippen LogP contribution is 2.19. The first kappa shape index (κ1) is 15.3. The summed E-state index contributed by atoms with van der Waals surface area (Å²) in [6, 6.07) is 3.67. The van der Waals surface area contributed by atoms with Crippen LogP contribution in [-0.4, -0.2) is 41.6 Å². The van der Waals surface area contributed by atoms with Crippen LogP contribution in [0.1, 0.15) is 25.3 Å². The average Bonchev–Trinajstić information content (AvgIpc) is 2.50. The van der Waals surface area contributed by atoms with Crippen LogP contribution in [0.25, 0.3) is 0 Å². The van der Waals surface area contributed by atoms with Crippen molar-refractivity contribution in [2.45, 2.75) is 26.7 Å². The van der Waals surface area contributed by atoms with E-state index in [9.17, 15) is 9.59 Å². The van der Waals surface area contributed by atoms with Gasteiger partial charge in [0, 0.05) is 19.3 Å². The van der Waals surface area contributed by atoms with Gasteiger partial charge in [-0.05, 0) is 38.3 Å². The van der Waals surface area contributed by atoms with Crippen molar-refractivity contribution in [1.29, 1.82) is 0 Å². The van der Waals surface area contributed by atoms with Gasteiger partial charge >= 0.3 is 6.09 Å². The number of aromatic nitrogens is 1. The van der Waals surface area contributed by atoms with Gasteiger partial charge in [-0.25, -0.2) is 9.78 Å². The van der Waals surface area contributed by atoms with Gasteiger partial charge in [-0.15, -0.1) is 0 Å². The van der Waals surface area contributed by atoms with Crippen molar-refractivity contribution in [2.24, 2.45) is 5.92 Å². The lowest BCUT2D eigenvalue weighted by atomic mass is 9.97. The minimum atomic E-state index is -0.344. The molecule has 21 heavy (non-hydrogen) atoms. The van der Waals surface area contributed by atoms with E-state index in [0.717, 1.165) is 18.4 Å². The van der Waals surface area contributed by atoms with Gasteiger partial charge < -0.3 is 15.0 Å². The summed E-state index contributed by atoms with van der Waals surface area (Å²) < 4.78 is 4.98. The molecule has 2 heterocycles. The number of ether oxygens (including phenoxy) is 1. The van der Waals surface area contributed by atoms with Gasteiger partial charge in [0.1, 0.15) is 5.82 Å². The molecule has 1 aliphatic heterocycles. The zero-order chi connectivity index (χ0) is 15.2. The molecular weight excluding hydrogens is 270 g/mol. The number of aryl methyl sites for hydroxylation is 1. The third kappa shape index (κ3) is 4.18. The molecule has 6 heteroatoms. The van der Waals surface area contributed by atoms with Crippen LogP contribution in [0.15, 0.2) is 18.3 Å². The molecule has 0 aliphatic carbocycles. The summed E-state index contributed by atoms with van der Waals surface area (Å²) in [5, 5.41) is 2.80. The summed E-state index contributed by atoms with van der Waals surface area (Å²) in [5.41, 5.74) is 1.04. The maximum Gasteiger partial charge on any atom is 0.409 e. The quantitative estimate of drug-likeness (QED) is 0.926. The lowest BCUT2D eigenvalue weighted by molar-refractivity contribution is -0.121. The second kappa shape index (κ2) is 7.06. The second-order valence-corrected chi connectivity index (χ2v) is 5.19. The van der Waals surface area contributed by atoms with Crippen molar-refractivity contribution in [1.82, 2.24) is 9.88 Å². The Labute approximate surface area is 124 Å². The van der Waals surface area contributed by atoms with Crippen molar-refractivity contribution in [3.8, 4) is 0 Å². The first-order valence-corrected chi connectivity index (χ1v) is 7.25. The molecule has 2 amide bonds. The van der Waals surface area contributed by atoms with E-state index in [2.05, 4.69) is 10.3 Å². The Morgan fingerprint density at radius 3 is 2.95 bits per heavy atom. The van der Waals surface area contributed by atoms with Crippen LogP contribution in [0.5, 0.6) is 0 Å². The molecular formula is C15H21N3O3. The maximum absolute atomic E-state index is 12.2. The third-order valence-electron chi connectivity index (χ3n) is 3.48. The number of likely N-dealkylation sites (tertiary alicyclic amines) is 1. The zero-order valence-corrected chi connectivity index (χ0v) is 12.5. The van der Waals surface area contributed by atoms with Crippen LogP contribution >= 0.6 is 0 Å². The van der Waals surface area contributed by atoms with E-state index in [1.807, 2.05) is 13.0 Å². The highest BCUT2D eigenvalue weighted by molar-refractivity contribution is 5.92. The normalized spacial score (nSPS) is 18.2. The van der Waals surface area contributed by atoms with Crippen molar-refractivity contribution in [2.75, 3.05) is 25.0 Å². The van der Waals surface area contributed by atoms with E-state index in [4.69, 9.17) is 4.74 Å². The van der Waals surface area contributed by atoms with E-state index in [1.54, 1.807) is 24.1 Å². The van der Waals surface area contributed by atoms with E-state index in [1.165, 1.54) is 0 Å². The SMILES string of the molecule is CCOC(=O)N1CCCC(C(=O)Nc2ccc(C)cn2)C1. The number of nitrogens with zero attached hydrogens (tertiary/aromatic N) is 2. The van der Waals surface area contributed by atoms with Crippen molar-refractivity contribution < 1.29 is 14.3 Å². The second-order valence-electron chi connectivity index (χ2n) is 5.19. The number of hydrogen-bond donors (Lipinski definition) is 1. The molecule has 0 bridgehead atoms. The van der Waals surface area contributed by atoms with Gasteiger partial charge in [0.25, 0.3) is 0 Å². The average molecular weight is 291 g/mol. The molecule has 1 fully saturated rings. The molecule has 1 saturated heterocycles. The summed E-state index contributed by atoms with van der Waals surface area (Å²) in [6.07, 6.45) is 2.94. The van der Waals surface area contributed by atoms with Gasteiger partial charge in [0.05, 0.1) is 12.5 Å². The molecule has 1 aromatic rings. The van der Waals surface area contributed by atoms with E-state index in [0.29, 0.717) is 25.5 Å². The molecule has 1 aliphatic rings. The number of anilines is 1. The van der Waals surface area contributed by atoms with Crippen LogP contribution in [0.3, 0.4) is 0 Å². The Morgan fingerprint density at radius 1 is 1.48 bits per heavy atom. The fourth-order valence-electron chi connectivity index (χ4n) is 2.34. The molecule has 0 saturated carbocycles. The smallest absolute Gasteiger partial charge is 0.409 e. The molecule has 1 unspecified atom stereocenters. The Balaban J connectivity index is 1.92. The maximum atomic E-state index is 12.2. The molecule has 114 valence electrons. The predicted molar refractivity (Wildman–Crippen MR) is 78.9 cm³/mol. The zero-order valence-electron chi connectivity index (χ0n) is 12.5. The molecule has 2 rings (SSSR count). The molecule has 6 nitrogen and oxygen atoms in total. The van der Waals surface area contributed by atoms with Crippen LogP contribution in [0, 0.1) is 12.8 Å². The minimum Gasteiger partial charge on any atom is -0.450 e. The third-order valence-corrected chi connectivity index (χ3v) is 3.48. The van der Waals surface area contributed by atoms with E-state index >= 15 is 0 Å². The molecule has 0 spiro atoms. The number of carbonyl (C=O) groups is 2. The first-order valence-electron chi connectivity index (χ1n) is 7.25. The molecule has 1 aromatic heterocycles. The van der Waals surface area contributed by atoms with Crippen molar-refractivity contribution >= 4 is 17.8 Å². The van der Waals surface area contributed by atoms with Crippen molar-refractivity contribution in [3.05, 3.63) is 23.9 Å². The van der Waals surface area contributed by atoms with Crippen LogP contribution in [-0.2, 0) is 9.53 Å². The van der Waals surface area contributed by atoms with Gasteiger partial charge in [-0.3, -0.25) is 4.79 Å². The fraction of sp³-hybridized carbons (Fsp3) is 0.533.